The Balaban J connectivity index is 1.87. The van der Waals surface area contributed by atoms with Gasteiger partial charge in [-0.2, -0.15) is 0 Å². The minimum Gasteiger partial charge on any atom is -0.468 e. The van der Waals surface area contributed by atoms with E-state index in [0.717, 1.165) is 12.2 Å². The number of benzene rings is 2. The summed E-state index contributed by atoms with van der Waals surface area (Å²) in [5.41, 5.74) is 2.51. The molecule has 0 fully saturated rings. The smallest absolute Gasteiger partial charge is 0.120 e. The van der Waals surface area contributed by atoms with E-state index < -0.39 is 0 Å². The molecule has 1 nitrogen and oxygen atoms in total. The van der Waals surface area contributed by atoms with Crippen molar-refractivity contribution in [2.75, 3.05) is 0 Å². The third-order valence-corrected chi connectivity index (χ3v) is 4.15. The normalized spacial score (nSPS) is 12.7. The number of furan rings is 1. The van der Waals surface area contributed by atoms with Crippen molar-refractivity contribution in [1.82, 2.24) is 0 Å². The molecule has 1 heterocycles. The highest BCUT2D eigenvalue weighted by Crippen LogP contribution is 2.30. The Bertz CT molecular complexity index is 699. The molecule has 0 saturated carbocycles. The van der Waals surface area contributed by atoms with Crippen LogP contribution >= 0.6 is 15.9 Å². The van der Waals surface area contributed by atoms with Crippen LogP contribution in [0.15, 0.2) is 59.2 Å². The van der Waals surface area contributed by atoms with Crippen LogP contribution in [0, 0.1) is 6.92 Å². The Morgan fingerprint density at radius 3 is 2.58 bits per heavy atom. The first-order chi connectivity index (χ1) is 9.24. The minimum absolute atomic E-state index is 0.226. The molecule has 0 saturated heterocycles. The van der Waals surface area contributed by atoms with Gasteiger partial charge in [0, 0.05) is 0 Å². The molecule has 1 unspecified atom stereocenters. The predicted octanol–water partition coefficient (Wildman–Crippen LogP) is 5.42. The molecule has 96 valence electrons. The van der Waals surface area contributed by atoms with Crippen LogP contribution in [0.4, 0.5) is 0 Å². The molecule has 0 aliphatic carbocycles. The Morgan fingerprint density at radius 1 is 1.05 bits per heavy atom. The quantitative estimate of drug-likeness (QED) is 0.588. The Labute approximate surface area is 121 Å². The average Bonchev–Trinajstić information content (AvgIpc) is 2.85. The number of fused-ring (bicyclic) bond motifs is 1. The lowest BCUT2D eigenvalue weighted by molar-refractivity contribution is 0.504. The predicted molar refractivity (Wildman–Crippen MR) is 82.8 cm³/mol. The summed E-state index contributed by atoms with van der Waals surface area (Å²) in [6.45, 7) is 2.08. The SMILES string of the molecule is Cc1ccoc1C(Br)Cc1ccc2ccccc2c1. The lowest BCUT2D eigenvalue weighted by Gasteiger charge is -2.09. The number of halogens is 1. The van der Waals surface area contributed by atoms with Gasteiger partial charge in [-0.15, -0.1) is 0 Å². The Hall–Kier alpha value is -1.54. The summed E-state index contributed by atoms with van der Waals surface area (Å²) in [6.07, 6.45) is 2.68. The molecule has 0 radical (unpaired) electrons. The molecule has 0 aliphatic rings. The van der Waals surface area contributed by atoms with Gasteiger partial charge in [-0.05, 0) is 41.3 Å². The summed E-state index contributed by atoms with van der Waals surface area (Å²) >= 11 is 3.72. The van der Waals surface area contributed by atoms with E-state index in [9.17, 15) is 0 Å². The number of aryl methyl sites for hydroxylation is 1. The molecule has 2 heteroatoms. The van der Waals surface area contributed by atoms with Gasteiger partial charge in [0.15, 0.2) is 0 Å². The maximum Gasteiger partial charge on any atom is 0.120 e. The highest BCUT2D eigenvalue weighted by Gasteiger charge is 2.14. The molecule has 3 aromatic rings. The second-order valence-electron chi connectivity index (χ2n) is 4.82. The number of alkyl halides is 1. The van der Waals surface area contributed by atoms with E-state index in [1.165, 1.54) is 21.9 Å². The zero-order chi connectivity index (χ0) is 13.2. The third-order valence-electron chi connectivity index (χ3n) is 3.41. The maximum absolute atomic E-state index is 5.54. The van der Waals surface area contributed by atoms with Crippen LogP contribution < -0.4 is 0 Å². The fourth-order valence-corrected chi connectivity index (χ4v) is 3.21. The zero-order valence-corrected chi connectivity index (χ0v) is 12.4. The first-order valence-electron chi connectivity index (χ1n) is 6.40. The molecule has 19 heavy (non-hydrogen) atoms. The molecular weight excluding hydrogens is 300 g/mol. The third kappa shape index (κ3) is 2.59. The number of hydrogen-bond acceptors (Lipinski definition) is 1. The van der Waals surface area contributed by atoms with Gasteiger partial charge in [0.2, 0.25) is 0 Å². The fraction of sp³-hybridized carbons (Fsp3) is 0.176. The van der Waals surface area contributed by atoms with Crippen molar-refractivity contribution in [1.29, 1.82) is 0 Å². The monoisotopic (exact) mass is 314 g/mol. The summed E-state index contributed by atoms with van der Waals surface area (Å²) < 4.78 is 5.54. The number of rotatable bonds is 3. The summed E-state index contributed by atoms with van der Waals surface area (Å²) in [7, 11) is 0. The van der Waals surface area contributed by atoms with E-state index in [1.807, 2.05) is 6.07 Å². The first kappa shape index (κ1) is 12.5. The lowest BCUT2D eigenvalue weighted by Crippen LogP contribution is -1.95. The Morgan fingerprint density at radius 2 is 1.84 bits per heavy atom. The van der Waals surface area contributed by atoms with Crippen molar-refractivity contribution in [2.24, 2.45) is 0 Å². The molecule has 0 spiro atoms. The highest BCUT2D eigenvalue weighted by atomic mass is 79.9. The van der Waals surface area contributed by atoms with Crippen LogP contribution in [-0.2, 0) is 6.42 Å². The van der Waals surface area contributed by atoms with E-state index in [4.69, 9.17) is 4.42 Å². The second-order valence-corrected chi connectivity index (χ2v) is 5.93. The molecule has 2 aromatic carbocycles. The summed E-state index contributed by atoms with van der Waals surface area (Å²) in [4.78, 5) is 0.226. The van der Waals surface area contributed by atoms with Gasteiger partial charge in [-0.1, -0.05) is 58.4 Å². The van der Waals surface area contributed by atoms with Crippen LogP contribution in [0.2, 0.25) is 0 Å². The molecule has 1 atom stereocenters. The topological polar surface area (TPSA) is 13.1 Å². The van der Waals surface area contributed by atoms with Gasteiger partial charge in [0.25, 0.3) is 0 Å². The van der Waals surface area contributed by atoms with Gasteiger partial charge in [-0.25, -0.2) is 0 Å². The molecule has 3 rings (SSSR count). The fourth-order valence-electron chi connectivity index (χ4n) is 2.37. The first-order valence-corrected chi connectivity index (χ1v) is 7.31. The molecule has 0 aliphatic heterocycles. The van der Waals surface area contributed by atoms with Crippen molar-refractivity contribution in [3.05, 3.63) is 71.7 Å². The number of hydrogen-bond donors (Lipinski definition) is 0. The van der Waals surface area contributed by atoms with E-state index in [-0.39, 0.29) is 4.83 Å². The van der Waals surface area contributed by atoms with E-state index in [0.29, 0.717) is 0 Å². The van der Waals surface area contributed by atoms with Gasteiger partial charge in [-0.3, -0.25) is 0 Å². The maximum atomic E-state index is 5.54. The molecule has 0 amide bonds. The van der Waals surface area contributed by atoms with Crippen LogP contribution in [0.3, 0.4) is 0 Å². The van der Waals surface area contributed by atoms with Crippen molar-refractivity contribution >= 4 is 26.7 Å². The van der Waals surface area contributed by atoms with Crippen molar-refractivity contribution < 1.29 is 4.42 Å². The second kappa shape index (κ2) is 5.22. The Kier molecular flexibility index (Phi) is 3.43. The van der Waals surface area contributed by atoms with Gasteiger partial charge >= 0.3 is 0 Å². The lowest BCUT2D eigenvalue weighted by atomic mass is 10.0. The minimum atomic E-state index is 0.226. The summed E-state index contributed by atoms with van der Waals surface area (Å²) in [5, 5.41) is 2.57. The van der Waals surface area contributed by atoms with Crippen LogP contribution in [0.5, 0.6) is 0 Å². The average molecular weight is 315 g/mol. The molecule has 0 bridgehead atoms. The van der Waals surface area contributed by atoms with Gasteiger partial charge in [0.05, 0.1) is 11.1 Å². The van der Waals surface area contributed by atoms with Gasteiger partial charge in [0.1, 0.15) is 5.76 Å². The molecular formula is C17H15BrO. The van der Waals surface area contributed by atoms with Gasteiger partial charge < -0.3 is 4.42 Å². The standard InChI is InChI=1S/C17H15BrO/c1-12-8-9-19-17(12)16(18)11-13-6-7-14-4-2-3-5-15(14)10-13/h2-10,16H,11H2,1H3. The molecule has 0 N–H and O–H groups in total. The van der Waals surface area contributed by atoms with Crippen molar-refractivity contribution in [3.8, 4) is 0 Å². The van der Waals surface area contributed by atoms with Crippen molar-refractivity contribution in [3.63, 3.8) is 0 Å². The van der Waals surface area contributed by atoms with E-state index >= 15 is 0 Å². The van der Waals surface area contributed by atoms with Crippen LogP contribution in [0.25, 0.3) is 10.8 Å². The largest absolute Gasteiger partial charge is 0.468 e. The van der Waals surface area contributed by atoms with Crippen LogP contribution in [-0.4, -0.2) is 0 Å². The van der Waals surface area contributed by atoms with E-state index in [1.54, 1.807) is 6.26 Å². The van der Waals surface area contributed by atoms with E-state index in [2.05, 4.69) is 65.3 Å². The molecule has 1 aromatic heterocycles. The summed E-state index contributed by atoms with van der Waals surface area (Å²) in [6, 6.07) is 17.1. The highest BCUT2D eigenvalue weighted by molar-refractivity contribution is 9.09. The van der Waals surface area contributed by atoms with Crippen molar-refractivity contribution in [2.45, 2.75) is 18.2 Å². The summed E-state index contributed by atoms with van der Waals surface area (Å²) in [5.74, 6) is 1.02. The zero-order valence-electron chi connectivity index (χ0n) is 10.8. The van der Waals surface area contributed by atoms with Crippen LogP contribution in [0.1, 0.15) is 21.7 Å².